The SMILES string of the molecule is CCNC(=O)[C@H]1OC(n2cnc3c(N)nc(I)nc32)[C@H](O)[C@@H]1O. The summed E-state index contributed by atoms with van der Waals surface area (Å²) < 4.78 is 7.38. The summed E-state index contributed by atoms with van der Waals surface area (Å²) in [6.07, 6.45) is -3.47. The standard InChI is InChI=1S/C12H15IN6O4/c1-2-15-10(22)7-5(20)6(21)11(23-7)19-3-16-4-8(14)17-12(13)18-9(4)19/h3,5-7,11,20-21H,2H2,1H3,(H,15,22)(H2,14,17,18)/t5-,6+,7-,11?/m0/s1. The number of hydrogen-bond donors (Lipinski definition) is 4. The number of nitrogen functional groups attached to an aromatic ring is 1. The number of nitrogens with zero attached hydrogens (tertiary/aromatic N) is 4. The molecule has 5 N–H and O–H groups in total. The van der Waals surface area contributed by atoms with Gasteiger partial charge in [-0.05, 0) is 6.92 Å². The van der Waals surface area contributed by atoms with Crippen LogP contribution in [0, 0.1) is 3.83 Å². The van der Waals surface area contributed by atoms with E-state index in [0.717, 1.165) is 0 Å². The first-order valence-corrected chi connectivity index (χ1v) is 7.96. The molecule has 4 atom stereocenters. The van der Waals surface area contributed by atoms with Gasteiger partial charge in [0.05, 0.1) is 6.33 Å². The molecule has 1 amide bonds. The van der Waals surface area contributed by atoms with Gasteiger partial charge >= 0.3 is 0 Å². The fourth-order valence-corrected chi connectivity index (χ4v) is 2.97. The number of hydrogen-bond acceptors (Lipinski definition) is 8. The summed E-state index contributed by atoms with van der Waals surface area (Å²) in [4.78, 5) is 24.2. The van der Waals surface area contributed by atoms with Gasteiger partial charge in [-0.25, -0.2) is 15.0 Å². The number of rotatable bonds is 3. The first kappa shape index (κ1) is 16.3. The van der Waals surface area contributed by atoms with E-state index in [1.54, 1.807) is 6.92 Å². The van der Waals surface area contributed by atoms with Crippen molar-refractivity contribution >= 4 is 45.5 Å². The normalized spacial score (nSPS) is 27.5. The third-order valence-electron chi connectivity index (χ3n) is 3.54. The lowest BCUT2D eigenvalue weighted by molar-refractivity contribution is -0.137. The first-order chi connectivity index (χ1) is 10.9. The van der Waals surface area contributed by atoms with E-state index in [9.17, 15) is 15.0 Å². The highest BCUT2D eigenvalue weighted by Gasteiger charge is 2.47. The van der Waals surface area contributed by atoms with Gasteiger partial charge in [0.25, 0.3) is 5.91 Å². The molecule has 1 saturated heterocycles. The number of fused-ring (bicyclic) bond motifs is 1. The second kappa shape index (κ2) is 6.14. The number of imidazole rings is 1. The lowest BCUT2D eigenvalue weighted by Crippen LogP contribution is -2.42. The van der Waals surface area contributed by atoms with E-state index in [-0.39, 0.29) is 5.82 Å². The third-order valence-corrected chi connectivity index (χ3v) is 4.03. The number of aliphatic hydroxyl groups excluding tert-OH is 2. The predicted molar refractivity (Wildman–Crippen MR) is 87.1 cm³/mol. The van der Waals surface area contributed by atoms with Crippen molar-refractivity contribution in [2.75, 3.05) is 12.3 Å². The maximum atomic E-state index is 11.9. The van der Waals surface area contributed by atoms with Crippen molar-refractivity contribution in [1.82, 2.24) is 24.8 Å². The molecule has 3 heterocycles. The highest BCUT2D eigenvalue weighted by Crippen LogP contribution is 2.32. The number of ether oxygens (including phenoxy) is 1. The Bertz CT molecular complexity index is 752. The number of nitrogens with one attached hydrogen (secondary N) is 1. The van der Waals surface area contributed by atoms with E-state index in [1.165, 1.54) is 10.9 Å². The van der Waals surface area contributed by atoms with Gasteiger partial charge in [0.1, 0.15) is 17.7 Å². The average molecular weight is 434 g/mol. The summed E-state index contributed by atoms with van der Waals surface area (Å²) in [5.74, 6) is -0.291. The molecule has 1 fully saturated rings. The Hall–Kier alpha value is -1.57. The Labute approximate surface area is 144 Å². The minimum atomic E-state index is -1.36. The Morgan fingerprint density at radius 2 is 2.22 bits per heavy atom. The molecule has 0 bridgehead atoms. The number of carbonyl (C=O) groups is 1. The lowest BCUT2D eigenvalue weighted by Gasteiger charge is -2.16. The van der Waals surface area contributed by atoms with Crippen LogP contribution >= 0.6 is 22.6 Å². The van der Waals surface area contributed by atoms with Crippen molar-refractivity contribution < 1.29 is 19.7 Å². The third kappa shape index (κ3) is 2.73. The second-order valence-corrected chi connectivity index (χ2v) is 5.99. The van der Waals surface area contributed by atoms with Crippen LogP contribution in [0.25, 0.3) is 11.2 Å². The van der Waals surface area contributed by atoms with Crippen molar-refractivity contribution in [3.63, 3.8) is 0 Å². The Morgan fingerprint density at radius 3 is 2.91 bits per heavy atom. The maximum absolute atomic E-state index is 11.9. The zero-order valence-electron chi connectivity index (χ0n) is 12.0. The lowest BCUT2D eigenvalue weighted by atomic mass is 10.1. The molecule has 10 nitrogen and oxygen atoms in total. The van der Waals surface area contributed by atoms with E-state index in [2.05, 4.69) is 20.3 Å². The molecular formula is C12H15IN6O4. The summed E-state index contributed by atoms with van der Waals surface area (Å²) in [6, 6.07) is 0. The number of nitrogens with two attached hydrogens (primary N) is 1. The number of aliphatic hydroxyl groups is 2. The van der Waals surface area contributed by atoms with Crippen LogP contribution < -0.4 is 11.1 Å². The monoisotopic (exact) mass is 434 g/mol. The van der Waals surface area contributed by atoms with Crippen LogP contribution in [-0.2, 0) is 9.53 Å². The van der Waals surface area contributed by atoms with E-state index in [1.807, 2.05) is 22.6 Å². The molecule has 124 valence electrons. The Morgan fingerprint density at radius 1 is 1.48 bits per heavy atom. The van der Waals surface area contributed by atoms with Gasteiger partial charge in [-0.15, -0.1) is 0 Å². The van der Waals surface area contributed by atoms with Crippen LogP contribution in [0.3, 0.4) is 0 Å². The molecule has 3 rings (SSSR count). The summed E-state index contributed by atoms with van der Waals surface area (Å²) in [5, 5.41) is 22.9. The van der Waals surface area contributed by atoms with Crippen LogP contribution in [0.2, 0.25) is 0 Å². The molecule has 0 spiro atoms. The zero-order valence-corrected chi connectivity index (χ0v) is 14.2. The number of likely N-dealkylation sites (N-methyl/N-ethyl adjacent to an activating group) is 1. The summed E-state index contributed by atoms with van der Waals surface area (Å²) in [6.45, 7) is 2.14. The van der Waals surface area contributed by atoms with Gasteiger partial charge in [-0.2, -0.15) is 0 Å². The van der Waals surface area contributed by atoms with Crippen molar-refractivity contribution in [3.8, 4) is 0 Å². The van der Waals surface area contributed by atoms with Gasteiger partial charge in [-0.3, -0.25) is 9.36 Å². The molecule has 1 aliphatic rings. The Kier molecular flexibility index (Phi) is 4.35. The molecule has 1 unspecified atom stereocenters. The van der Waals surface area contributed by atoms with E-state index < -0.39 is 30.4 Å². The van der Waals surface area contributed by atoms with Crippen LogP contribution in [-0.4, -0.2) is 60.5 Å². The smallest absolute Gasteiger partial charge is 0.252 e. The molecule has 1 aliphatic heterocycles. The van der Waals surface area contributed by atoms with Crippen LogP contribution in [0.1, 0.15) is 13.2 Å². The van der Waals surface area contributed by atoms with Gasteiger partial charge in [0.2, 0.25) is 0 Å². The van der Waals surface area contributed by atoms with Crippen molar-refractivity contribution in [2.24, 2.45) is 0 Å². The van der Waals surface area contributed by atoms with Crippen molar-refractivity contribution in [2.45, 2.75) is 31.5 Å². The number of carbonyl (C=O) groups excluding carboxylic acids is 1. The van der Waals surface area contributed by atoms with E-state index >= 15 is 0 Å². The van der Waals surface area contributed by atoms with Gasteiger partial charge < -0.3 is 26.0 Å². The molecule has 23 heavy (non-hydrogen) atoms. The molecule has 0 aromatic carbocycles. The zero-order chi connectivity index (χ0) is 16.7. The van der Waals surface area contributed by atoms with Crippen LogP contribution in [0.15, 0.2) is 6.33 Å². The van der Waals surface area contributed by atoms with Crippen LogP contribution in [0.4, 0.5) is 5.82 Å². The second-order valence-electron chi connectivity index (χ2n) is 5.02. The number of halogens is 1. The topological polar surface area (TPSA) is 148 Å². The number of anilines is 1. The summed E-state index contributed by atoms with van der Waals surface area (Å²) >= 11 is 1.91. The number of aromatic nitrogens is 4. The minimum absolute atomic E-state index is 0.200. The Balaban J connectivity index is 1.98. The fourth-order valence-electron chi connectivity index (χ4n) is 2.48. The van der Waals surface area contributed by atoms with Crippen molar-refractivity contribution in [3.05, 3.63) is 10.2 Å². The number of amides is 1. The van der Waals surface area contributed by atoms with Gasteiger partial charge in [0.15, 0.2) is 27.6 Å². The summed E-state index contributed by atoms with van der Waals surface area (Å²) in [7, 11) is 0. The van der Waals surface area contributed by atoms with Crippen LogP contribution in [0.5, 0.6) is 0 Å². The highest BCUT2D eigenvalue weighted by atomic mass is 127. The molecule has 11 heteroatoms. The van der Waals surface area contributed by atoms with E-state index in [4.69, 9.17) is 10.5 Å². The molecule has 0 radical (unpaired) electrons. The molecule has 0 aliphatic carbocycles. The molecular weight excluding hydrogens is 419 g/mol. The predicted octanol–water partition coefficient (Wildman–Crippen LogP) is -1.23. The van der Waals surface area contributed by atoms with E-state index in [0.29, 0.717) is 21.5 Å². The first-order valence-electron chi connectivity index (χ1n) is 6.89. The molecule has 2 aromatic heterocycles. The quantitative estimate of drug-likeness (QED) is 0.347. The fraction of sp³-hybridized carbons (Fsp3) is 0.500. The molecule has 2 aromatic rings. The highest BCUT2D eigenvalue weighted by molar-refractivity contribution is 14.1. The van der Waals surface area contributed by atoms with Gasteiger partial charge in [-0.1, -0.05) is 0 Å². The van der Waals surface area contributed by atoms with Crippen molar-refractivity contribution in [1.29, 1.82) is 0 Å². The summed E-state index contributed by atoms with van der Waals surface area (Å²) in [5.41, 5.74) is 6.51. The largest absolute Gasteiger partial charge is 0.387 e. The van der Waals surface area contributed by atoms with Gasteiger partial charge in [0, 0.05) is 29.1 Å². The maximum Gasteiger partial charge on any atom is 0.252 e. The average Bonchev–Trinajstić information content (AvgIpc) is 3.02. The molecule has 0 saturated carbocycles. The minimum Gasteiger partial charge on any atom is -0.387 e.